The van der Waals surface area contributed by atoms with Crippen LogP contribution in [0.3, 0.4) is 0 Å². The number of amides is 1. The van der Waals surface area contributed by atoms with Gasteiger partial charge in [-0.15, -0.1) is 0 Å². The van der Waals surface area contributed by atoms with Crippen molar-refractivity contribution < 1.29 is 14.7 Å². The first-order chi connectivity index (χ1) is 12.9. The standard InChI is InChI=1S/C20H22N4O3/c1-12(2)24-19-16(11-22-24)15(20(27)21-9-8-18(25)26)10-17(23-19)14-7-5-4-6-13(14)3/h4-7,10-12H,8-9H2,1-3H3,(H,21,27)(H,25,26). The van der Waals surface area contributed by atoms with E-state index in [1.807, 2.05) is 45.0 Å². The first kappa shape index (κ1) is 18.6. The van der Waals surface area contributed by atoms with Gasteiger partial charge < -0.3 is 10.4 Å². The Kier molecular flexibility index (Phi) is 5.21. The number of nitrogens with zero attached hydrogens (tertiary/aromatic N) is 3. The van der Waals surface area contributed by atoms with Gasteiger partial charge in [-0.2, -0.15) is 5.10 Å². The number of pyridine rings is 1. The minimum Gasteiger partial charge on any atom is -0.481 e. The van der Waals surface area contributed by atoms with Gasteiger partial charge in [0.15, 0.2) is 5.65 Å². The van der Waals surface area contributed by atoms with Crippen LogP contribution < -0.4 is 5.32 Å². The lowest BCUT2D eigenvalue weighted by molar-refractivity contribution is -0.136. The van der Waals surface area contributed by atoms with Crippen molar-refractivity contribution in [1.82, 2.24) is 20.1 Å². The number of aromatic nitrogens is 3. The van der Waals surface area contributed by atoms with Gasteiger partial charge in [0.2, 0.25) is 0 Å². The van der Waals surface area contributed by atoms with Gasteiger partial charge in [0.25, 0.3) is 5.91 Å². The molecule has 0 fully saturated rings. The van der Waals surface area contributed by atoms with E-state index in [2.05, 4.69) is 10.4 Å². The summed E-state index contributed by atoms with van der Waals surface area (Å²) in [6, 6.07) is 9.67. The molecule has 0 radical (unpaired) electrons. The molecule has 0 spiro atoms. The number of fused-ring (bicyclic) bond motifs is 1. The lowest BCUT2D eigenvalue weighted by Gasteiger charge is -2.12. The van der Waals surface area contributed by atoms with Gasteiger partial charge in [-0.05, 0) is 32.4 Å². The van der Waals surface area contributed by atoms with Crippen LogP contribution in [-0.4, -0.2) is 38.3 Å². The van der Waals surface area contributed by atoms with E-state index in [4.69, 9.17) is 10.1 Å². The van der Waals surface area contributed by atoms with Gasteiger partial charge in [0, 0.05) is 18.2 Å². The zero-order chi connectivity index (χ0) is 19.6. The van der Waals surface area contributed by atoms with Gasteiger partial charge in [0.1, 0.15) is 0 Å². The third-order valence-corrected chi connectivity index (χ3v) is 4.35. The van der Waals surface area contributed by atoms with Crippen LogP contribution in [0.4, 0.5) is 0 Å². The Hall–Kier alpha value is -3.22. The molecule has 7 heteroatoms. The van der Waals surface area contributed by atoms with Gasteiger partial charge in [-0.1, -0.05) is 24.3 Å². The van der Waals surface area contributed by atoms with Crippen molar-refractivity contribution in [2.24, 2.45) is 0 Å². The highest BCUT2D eigenvalue weighted by Crippen LogP contribution is 2.28. The van der Waals surface area contributed by atoms with E-state index in [0.717, 1.165) is 11.1 Å². The number of aliphatic carboxylic acids is 1. The number of carboxylic acid groups (broad SMARTS) is 1. The van der Waals surface area contributed by atoms with Crippen LogP contribution in [0.25, 0.3) is 22.3 Å². The fraction of sp³-hybridized carbons (Fsp3) is 0.300. The predicted octanol–water partition coefficient (Wildman–Crippen LogP) is 3.19. The average Bonchev–Trinajstić information content (AvgIpc) is 3.05. The number of carbonyl (C=O) groups is 2. The second-order valence-corrected chi connectivity index (χ2v) is 6.69. The molecule has 2 aromatic heterocycles. The van der Waals surface area contributed by atoms with Crippen molar-refractivity contribution >= 4 is 22.9 Å². The van der Waals surface area contributed by atoms with E-state index in [0.29, 0.717) is 22.3 Å². The van der Waals surface area contributed by atoms with E-state index < -0.39 is 5.97 Å². The minimum atomic E-state index is -0.955. The maximum Gasteiger partial charge on any atom is 0.305 e. The zero-order valence-electron chi connectivity index (χ0n) is 15.6. The minimum absolute atomic E-state index is 0.0655. The summed E-state index contributed by atoms with van der Waals surface area (Å²) in [5, 5.41) is 16.5. The molecule has 7 nitrogen and oxygen atoms in total. The molecule has 140 valence electrons. The van der Waals surface area contributed by atoms with Crippen molar-refractivity contribution in [2.45, 2.75) is 33.2 Å². The van der Waals surface area contributed by atoms with Crippen molar-refractivity contribution in [1.29, 1.82) is 0 Å². The van der Waals surface area contributed by atoms with Crippen molar-refractivity contribution in [3.63, 3.8) is 0 Å². The molecular weight excluding hydrogens is 344 g/mol. The first-order valence-corrected chi connectivity index (χ1v) is 8.82. The summed E-state index contributed by atoms with van der Waals surface area (Å²) < 4.78 is 1.78. The number of hydrogen-bond acceptors (Lipinski definition) is 4. The van der Waals surface area contributed by atoms with Crippen LogP contribution in [0.2, 0.25) is 0 Å². The van der Waals surface area contributed by atoms with Crippen molar-refractivity contribution in [3.05, 3.63) is 47.7 Å². The Morgan fingerprint density at radius 2 is 2.00 bits per heavy atom. The Morgan fingerprint density at radius 3 is 2.67 bits per heavy atom. The quantitative estimate of drug-likeness (QED) is 0.698. The largest absolute Gasteiger partial charge is 0.481 e. The van der Waals surface area contributed by atoms with Gasteiger partial charge in [0.05, 0.1) is 29.3 Å². The first-order valence-electron chi connectivity index (χ1n) is 8.82. The summed E-state index contributed by atoms with van der Waals surface area (Å²) in [4.78, 5) is 28.2. The summed E-state index contributed by atoms with van der Waals surface area (Å²) >= 11 is 0. The maximum absolute atomic E-state index is 12.7. The second-order valence-electron chi connectivity index (χ2n) is 6.69. The highest BCUT2D eigenvalue weighted by atomic mass is 16.4. The van der Waals surface area contributed by atoms with Crippen LogP contribution in [-0.2, 0) is 4.79 Å². The molecule has 0 bridgehead atoms. The lowest BCUT2D eigenvalue weighted by atomic mass is 10.0. The predicted molar refractivity (Wildman–Crippen MR) is 103 cm³/mol. The zero-order valence-corrected chi connectivity index (χ0v) is 15.6. The molecule has 1 aromatic carbocycles. The molecule has 0 atom stereocenters. The molecule has 0 aliphatic heterocycles. The molecule has 0 unspecified atom stereocenters. The number of aryl methyl sites for hydroxylation is 1. The Labute approximate surface area is 157 Å². The second kappa shape index (κ2) is 7.57. The van der Waals surface area contributed by atoms with Crippen LogP contribution in [0.1, 0.15) is 42.2 Å². The Bertz CT molecular complexity index is 1010. The normalized spacial score (nSPS) is 11.1. The molecule has 0 aliphatic rings. The molecule has 3 rings (SSSR count). The topological polar surface area (TPSA) is 97.1 Å². The smallest absolute Gasteiger partial charge is 0.305 e. The number of carbonyl (C=O) groups excluding carboxylic acids is 1. The number of rotatable bonds is 6. The third-order valence-electron chi connectivity index (χ3n) is 4.35. The van der Waals surface area contributed by atoms with E-state index in [1.165, 1.54) is 0 Å². The molecule has 2 heterocycles. The van der Waals surface area contributed by atoms with Crippen LogP contribution in [0, 0.1) is 6.92 Å². The summed E-state index contributed by atoms with van der Waals surface area (Å²) in [5.41, 5.74) is 3.75. The molecular formula is C20H22N4O3. The highest BCUT2D eigenvalue weighted by Gasteiger charge is 2.19. The van der Waals surface area contributed by atoms with E-state index in [-0.39, 0.29) is 24.9 Å². The number of benzene rings is 1. The molecule has 3 aromatic rings. The van der Waals surface area contributed by atoms with Crippen molar-refractivity contribution in [3.8, 4) is 11.3 Å². The summed E-state index contributed by atoms with van der Waals surface area (Å²) in [6.45, 7) is 6.06. The Balaban J connectivity index is 2.12. The third kappa shape index (κ3) is 3.81. The molecule has 0 aliphatic carbocycles. The molecule has 2 N–H and O–H groups in total. The van der Waals surface area contributed by atoms with E-state index in [1.54, 1.807) is 16.9 Å². The monoisotopic (exact) mass is 366 g/mol. The molecule has 0 saturated heterocycles. The van der Waals surface area contributed by atoms with Crippen LogP contribution in [0.15, 0.2) is 36.5 Å². The van der Waals surface area contributed by atoms with Gasteiger partial charge in [-0.3, -0.25) is 9.59 Å². The molecule has 1 amide bonds. The number of carboxylic acids is 1. The van der Waals surface area contributed by atoms with E-state index >= 15 is 0 Å². The fourth-order valence-electron chi connectivity index (χ4n) is 2.96. The maximum atomic E-state index is 12.7. The summed E-state index contributed by atoms with van der Waals surface area (Å²) in [6.07, 6.45) is 1.51. The van der Waals surface area contributed by atoms with Crippen LogP contribution in [0.5, 0.6) is 0 Å². The van der Waals surface area contributed by atoms with Gasteiger partial charge in [-0.25, -0.2) is 9.67 Å². The molecule has 27 heavy (non-hydrogen) atoms. The van der Waals surface area contributed by atoms with Crippen LogP contribution >= 0.6 is 0 Å². The Morgan fingerprint density at radius 1 is 1.26 bits per heavy atom. The lowest BCUT2D eigenvalue weighted by Crippen LogP contribution is -2.26. The number of hydrogen-bond donors (Lipinski definition) is 2. The molecule has 0 saturated carbocycles. The summed E-state index contributed by atoms with van der Waals surface area (Å²) in [5.74, 6) is -1.29. The van der Waals surface area contributed by atoms with Crippen molar-refractivity contribution in [2.75, 3.05) is 6.54 Å². The number of nitrogens with one attached hydrogen (secondary N) is 1. The fourth-order valence-corrected chi connectivity index (χ4v) is 2.96. The summed E-state index contributed by atoms with van der Waals surface area (Å²) in [7, 11) is 0. The highest BCUT2D eigenvalue weighted by molar-refractivity contribution is 6.06. The average molecular weight is 366 g/mol. The van der Waals surface area contributed by atoms with Gasteiger partial charge >= 0.3 is 5.97 Å². The SMILES string of the molecule is Cc1ccccc1-c1cc(C(=O)NCCC(=O)O)c2cnn(C(C)C)c2n1. The van der Waals surface area contributed by atoms with E-state index in [9.17, 15) is 9.59 Å².